The number of carbonyl (C=O) groups excluding carboxylic acids is 3. The zero-order valence-electron chi connectivity index (χ0n) is 16.3. The van der Waals surface area contributed by atoms with Crippen molar-refractivity contribution in [2.45, 2.75) is 6.04 Å². The van der Waals surface area contributed by atoms with E-state index in [1.807, 2.05) is 14.1 Å². The molecule has 2 unspecified atom stereocenters. The minimum absolute atomic E-state index is 0.359. The number of ketones is 2. The number of carbonyl (C=O) groups is 3. The lowest BCUT2D eigenvalue weighted by atomic mass is 9.86. The van der Waals surface area contributed by atoms with Crippen molar-refractivity contribution in [2.24, 2.45) is 5.92 Å². The molecule has 0 aliphatic carbocycles. The number of hydrogen-bond donors (Lipinski definition) is 1. The molecule has 0 saturated carbocycles. The van der Waals surface area contributed by atoms with Crippen LogP contribution in [0.2, 0.25) is 0 Å². The summed E-state index contributed by atoms with van der Waals surface area (Å²) in [6, 6.07) is 9.67. The Morgan fingerprint density at radius 3 is 2.54 bits per heavy atom. The van der Waals surface area contributed by atoms with Crippen LogP contribution >= 0.6 is 0 Å². The summed E-state index contributed by atoms with van der Waals surface area (Å²) in [7, 11) is 5.48. The summed E-state index contributed by atoms with van der Waals surface area (Å²) in [5.41, 5.74) is 1.12. The van der Waals surface area contributed by atoms with Gasteiger partial charge in [0.25, 0.3) is 5.91 Å². The van der Waals surface area contributed by atoms with E-state index in [9.17, 15) is 14.4 Å². The number of aromatic amines is 1. The summed E-state index contributed by atoms with van der Waals surface area (Å²) >= 11 is 0. The number of ether oxygens (including phenoxy) is 1. The number of aromatic nitrogens is 1. The first-order chi connectivity index (χ1) is 13.4. The fraction of sp³-hybridized carbons (Fsp3) is 0.333. The molecule has 2 atom stereocenters. The second-order valence-electron chi connectivity index (χ2n) is 7.17. The van der Waals surface area contributed by atoms with Gasteiger partial charge in [-0.2, -0.15) is 0 Å². The van der Waals surface area contributed by atoms with Gasteiger partial charge in [0.05, 0.1) is 40.3 Å². The van der Waals surface area contributed by atoms with E-state index in [1.165, 1.54) is 12.0 Å². The molecule has 7 heteroatoms. The second-order valence-corrected chi connectivity index (χ2v) is 7.17. The van der Waals surface area contributed by atoms with Crippen LogP contribution in [0.5, 0.6) is 5.75 Å². The number of amides is 1. The minimum Gasteiger partial charge on any atom is -0.497 e. The van der Waals surface area contributed by atoms with Gasteiger partial charge >= 0.3 is 0 Å². The summed E-state index contributed by atoms with van der Waals surface area (Å²) in [5.74, 6) is -2.16. The number of rotatable bonds is 7. The molecule has 2 N–H and O–H groups in total. The Hall–Kier alpha value is -3.06. The predicted molar refractivity (Wildman–Crippen MR) is 101 cm³/mol. The number of benzene rings is 1. The Morgan fingerprint density at radius 2 is 1.89 bits per heavy atom. The standard InChI is InChI=1S/C21H23N3O4/c1-23(2)11-12-24-18(14-7-9-22-10-8-14)17(20(26)21(24)27)19(25)15-5-4-6-16(13-15)28-3/h4-10,13,17-18H,11-12H2,1-3H3/p+2. The lowest BCUT2D eigenvalue weighted by molar-refractivity contribution is -0.857. The van der Waals surface area contributed by atoms with Gasteiger partial charge in [0.1, 0.15) is 11.7 Å². The highest BCUT2D eigenvalue weighted by Crippen LogP contribution is 2.37. The number of hydrogen-bond acceptors (Lipinski definition) is 4. The van der Waals surface area contributed by atoms with Crippen molar-refractivity contribution in [1.82, 2.24) is 4.90 Å². The third kappa shape index (κ3) is 3.80. The molecule has 146 valence electrons. The molecule has 1 aromatic heterocycles. The van der Waals surface area contributed by atoms with E-state index in [0.717, 1.165) is 10.5 Å². The number of quaternary nitrogens is 1. The van der Waals surface area contributed by atoms with Gasteiger partial charge in [0.15, 0.2) is 18.2 Å². The third-order valence-corrected chi connectivity index (χ3v) is 4.98. The molecule has 0 radical (unpaired) electrons. The first-order valence-corrected chi connectivity index (χ1v) is 9.22. The molecule has 3 rings (SSSR count). The number of Topliss-reactive ketones (excluding diaryl/α,β-unsaturated/α-hetero) is 2. The van der Waals surface area contributed by atoms with Crippen LogP contribution in [0, 0.1) is 5.92 Å². The molecule has 28 heavy (non-hydrogen) atoms. The molecule has 1 fully saturated rings. The van der Waals surface area contributed by atoms with Crippen LogP contribution in [0.3, 0.4) is 0 Å². The van der Waals surface area contributed by atoms with Crippen molar-refractivity contribution in [3.63, 3.8) is 0 Å². The van der Waals surface area contributed by atoms with Crippen LogP contribution in [0.25, 0.3) is 0 Å². The van der Waals surface area contributed by atoms with Gasteiger partial charge in [-0.25, -0.2) is 4.98 Å². The molecule has 1 aliphatic rings. The molecule has 1 aromatic carbocycles. The summed E-state index contributed by atoms with van der Waals surface area (Å²) in [6.07, 6.45) is 3.45. The lowest BCUT2D eigenvalue weighted by Crippen LogP contribution is -3.06. The van der Waals surface area contributed by atoms with Crippen molar-refractivity contribution in [3.8, 4) is 5.75 Å². The maximum absolute atomic E-state index is 13.3. The van der Waals surface area contributed by atoms with E-state index in [4.69, 9.17) is 4.74 Å². The van der Waals surface area contributed by atoms with Crippen molar-refractivity contribution < 1.29 is 29.0 Å². The first kappa shape index (κ1) is 19.7. The number of nitrogens with zero attached hydrogens (tertiary/aromatic N) is 1. The summed E-state index contributed by atoms with van der Waals surface area (Å²) < 4.78 is 5.19. The van der Waals surface area contributed by atoms with Crippen LogP contribution in [-0.2, 0) is 9.59 Å². The topological polar surface area (TPSA) is 82.3 Å². The second kappa shape index (κ2) is 8.31. The van der Waals surface area contributed by atoms with Gasteiger partial charge in [-0.3, -0.25) is 14.4 Å². The smallest absolute Gasteiger partial charge is 0.291 e. The average molecular weight is 383 g/mol. The molecular weight excluding hydrogens is 358 g/mol. The minimum atomic E-state index is -1.07. The highest BCUT2D eigenvalue weighted by atomic mass is 16.5. The Balaban J connectivity index is 2.02. The van der Waals surface area contributed by atoms with Crippen LogP contribution in [0.1, 0.15) is 22.0 Å². The predicted octanol–water partition coefficient (Wildman–Crippen LogP) is -0.395. The van der Waals surface area contributed by atoms with E-state index < -0.39 is 23.7 Å². The fourth-order valence-corrected chi connectivity index (χ4v) is 3.50. The monoisotopic (exact) mass is 383 g/mol. The van der Waals surface area contributed by atoms with Crippen LogP contribution in [-0.4, -0.2) is 56.7 Å². The largest absolute Gasteiger partial charge is 0.497 e. The normalized spacial score (nSPS) is 19.4. The van der Waals surface area contributed by atoms with Crippen LogP contribution in [0.15, 0.2) is 48.8 Å². The van der Waals surface area contributed by atoms with E-state index in [2.05, 4.69) is 4.98 Å². The van der Waals surface area contributed by atoms with Crippen molar-refractivity contribution in [1.29, 1.82) is 0 Å². The first-order valence-electron chi connectivity index (χ1n) is 9.22. The third-order valence-electron chi connectivity index (χ3n) is 4.98. The molecule has 0 spiro atoms. The van der Waals surface area contributed by atoms with Crippen LogP contribution in [0.4, 0.5) is 0 Å². The van der Waals surface area contributed by atoms with Gasteiger partial charge in [-0.1, -0.05) is 12.1 Å². The van der Waals surface area contributed by atoms with Gasteiger partial charge in [-0.05, 0) is 17.7 Å². The Morgan fingerprint density at radius 1 is 1.18 bits per heavy atom. The van der Waals surface area contributed by atoms with Crippen molar-refractivity contribution >= 4 is 17.5 Å². The molecular formula is C21H25N3O4+2. The molecule has 2 heterocycles. The van der Waals surface area contributed by atoms with Gasteiger partial charge < -0.3 is 14.5 Å². The van der Waals surface area contributed by atoms with Crippen molar-refractivity contribution in [2.75, 3.05) is 34.3 Å². The number of likely N-dealkylation sites (tertiary alicyclic amines) is 1. The molecule has 1 saturated heterocycles. The molecule has 1 amide bonds. The Labute approximate surface area is 163 Å². The van der Waals surface area contributed by atoms with E-state index in [-0.39, 0.29) is 5.78 Å². The molecule has 0 bridgehead atoms. The fourth-order valence-electron chi connectivity index (χ4n) is 3.50. The highest BCUT2D eigenvalue weighted by Gasteiger charge is 2.51. The Kier molecular flexibility index (Phi) is 5.84. The van der Waals surface area contributed by atoms with Crippen molar-refractivity contribution in [3.05, 3.63) is 59.9 Å². The van der Waals surface area contributed by atoms with Gasteiger partial charge in [-0.15, -0.1) is 0 Å². The number of methoxy groups -OCH3 is 1. The van der Waals surface area contributed by atoms with E-state index in [0.29, 0.717) is 24.4 Å². The average Bonchev–Trinajstić information content (AvgIpc) is 2.97. The summed E-state index contributed by atoms with van der Waals surface area (Å²) in [6.45, 7) is 1.08. The maximum atomic E-state index is 13.3. The summed E-state index contributed by atoms with van der Waals surface area (Å²) in [4.78, 5) is 44.5. The number of nitrogens with one attached hydrogen (secondary N) is 2. The molecule has 2 aromatic rings. The number of likely N-dealkylation sites (N-methyl/N-ethyl adjacent to an activating group) is 1. The molecule has 1 aliphatic heterocycles. The number of pyridine rings is 1. The summed E-state index contributed by atoms with van der Waals surface area (Å²) in [5, 5.41) is 0. The maximum Gasteiger partial charge on any atom is 0.291 e. The zero-order valence-corrected chi connectivity index (χ0v) is 16.3. The quantitative estimate of drug-likeness (QED) is 0.401. The van der Waals surface area contributed by atoms with Gasteiger partial charge in [0, 0.05) is 17.7 Å². The Bertz CT molecular complexity index is 882. The lowest BCUT2D eigenvalue weighted by Gasteiger charge is -2.27. The number of H-pyrrole nitrogens is 1. The molecule has 7 nitrogen and oxygen atoms in total. The zero-order chi connectivity index (χ0) is 20.3. The highest BCUT2D eigenvalue weighted by molar-refractivity contribution is 6.44. The van der Waals surface area contributed by atoms with Crippen LogP contribution < -0.4 is 14.6 Å². The van der Waals surface area contributed by atoms with E-state index in [1.54, 1.807) is 48.8 Å². The SMILES string of the molecule is COc1cccc(C(=O)C2C(=O)C(=O)N(CC[NH+](C)C)C2c2cc[nH+]cc2)c1. The van der Waals surface area contributed by atoms with E-state index >= 15 is 0 Å². The van der Waals surface area contributed by atoms with Gasteiger partial charge in [0.2, 0.25) is 5.78 Å².